The van der Waals surface area contributed by atoms with Crippen molar-refractivity contribution in [2.45, 2.75) is 130 Å². The predicted molar refractivity (Wildman–Crippen MR) is 190 cm³/mol. The van der Waals surface area contributed by atoms with Gasteiger partial charge in [-0.25, -0.2) is 0 Å². The first kappa shape index (κ1) is 40.1. The predicted octanol–water partition coefficient (Wildman–Crippen LogP) is 8.76. The van der Waals surface area contributed by atoms with E-state index in [0.717, 1.165) is 39.3 Å². The highest BCUT2D eigenvalue weighted by atomic mass is 16.2. The molecule has 0 heterocycles. The standard InChI is InChI=1S/C38H70N4O2/c1-7-11-13-15-17-19-21-23-29-41(9-3)33-31-39(5)37(43)35-25-27-36(28-26-35)38(44)40(6)32-34-42(10-4)30-24-22-20-18-16-14-12-8-2/h25-28H,7-24,29-34H2,1-6H3. The summed E-state index contributed by atoms with van der Waals surface area (Å²) < 4.78 is 0. The summed E-state index contributed by atoms with van der Waals surface area (Å²) in [5.41, 5.74) is 1.28. The minimum atomic E-state index is 0.0139. The zero-order valence-corrected chi connectivity index (χ0v) is 29.9. The van der Waals surface area contributed by atoms with E-state index in [9.17, 15) is 9.59 Å². The Morgan fingerprint density at radius 2 is 0.727 bits per heavy atom. The molecule has 0 aliphatic carbocycles. The average Bonchev–Trinajstić information content (AvgIpc) is 3.05. The number of hydrogen-bond acceptors (Lipinski definition) is 4. The van der Waals surface area contributed by atoms with E-state index in [4.69, 9.17) is 0 Å². The van der Waals surface area contributed by atoms with Gasteiger partial charge >= 0.3 is 0 Å². The van der Waals surface area contributed by atoms with Crippen molar-refractivity contribution in [1.82, 2.24) is 19.6 Å². The van der Waals surface area contributed by atoms with Crippen LogP contribution in [0.3, 0.4) is 0 Å². The Hall–Kier alpha value is -1.92. The second-order valence-corrected chi connectivity index (χ2v) is 12.8. The first-order valence-electron chi connectivity index (χ1n) is 18.4. The van der Waals surface area contributed by atoms with Gasteiger partial charge in [-0.15, -0.1) is 0 Å². The van der Waals surface area contributed by atoms with Crippen LogP contribution in [0, 0.1) is 0 Å². The number of carbonyl (C=O) groups excluding carboxylic acids is 2. The average molecular weight is 615 g/mol. The highest BCUT2D eigenvalue weighted by Crippen LogP contribution is 2.12. The molecule has 0 aliphatic heterocycles. The lowest BCUT2D eigenvalue weighted by Crippen LogP contribution is -2.37. The van der Waals surface area contributed by atoms with Crippen LogP contribution in [0.2, 0.25) is 0 Å². The second-order valence-electron chi connectivity index (χ2n) is 12.8. The summed E-state index contributed by atoms with van der Waals surface area (Å²) >= 11 is 0. The summed E-state index contributed by atoms with van der Waals surface area (Å²) in [6.07, 6.45) is 21.3. The van der Waals surface area contributed by atoms with Crippen LogP contribution < -0.4 is 0 Å². The van der Waals surface area contributed by atoms with Gasteiger partial charge in [0.1, 0.15) is 0 Å². The van der Waals surface area contributed by atoms with E-state index in [1.54, 1.807) is 24.3 Å². The van der Waals surface area contributed by atoms with Gasteiger partial charge in [0, 0.05) is 51.4 Å². The number of carbonyl (C=O) groups is 2. The largest absolute Gasteiger partial charge is 0.340 e. The lowest BCUT2D eigenvalue weighted by atomic mass is 10.1. The summed E-state index contributed by atoms with van der Waals surface area (Å²) in [6, 6.07) is 7.22. The van der Waals surface area contributed by atoms with Gasteiger partial charge in [0.15, 0.2) is 0 Å². The first-order valence-corrected chi connectivity index (χ1v) is 18.4. The van der Waals surface area contributed by atoms with Crippen LogP contribution in [0.4, 0.5) is 0 Å². The summed E-state index contributed by atoms with van der Waals surface area (Å²) in [4.78, 5) is 34.7. The molecule has 0 atom stereocenters. The summed E-state index contributed by atoms with van der Waals surface area (Å²) in [5, 5.41) is 0. The van der Waals surface area contributed by atoms with Crippen molar-refractivity contribution in [2.75, 3.05) is 66.5 Å². The van der Waals surface area contributed by atoms with Crippen LogP contribution in [0.15, 0.2) is 24.3 Å². The molecular weight excluding hydrogens is 544 g/mol. The van der Waals surface area contributed by atoms with Crippen LogP contribution in [0.1, 0.15) is 151 Å². The summed E-state index contributed by atoms with van der Waals surface area (Å²) in [6.45, 7) is 16.4. The molecule has 254 valence electrons. The van der Waals surface area contributed by atoms with E-state index in [2.05, 4.69) is 37.5 Å². The van der Waals surface area contributed by atoms with E-state index < -0.39 is 0 Å². The molecule has 0 saturated carbocycles. The number of benzene rings is 1. The number of likely N-dealkylation sites (N-methyl/N-ethyl adjacent to an activating group) is 4. The van der Waals surface area contributed by atoms with Gasteiger partial charge in [-0.05, 0) is 63.3 Å². The fraction of sp³-hybridized carbons (Fsp3) is 0.789. The number of rotatable bonds is 28. The Balaban J connectivity index is 2.37. The molecule has 1 rings (SSSR count). The van der Waals surface area contributed by atoms with Crippen molar-refractivity contribution in [1.29, 1.82) is 0 Å². The Labute approximate surface area is 272 Å². The van der Waals surface area contributed by atoms with E-state index in [1.807, 2.05) is 23.9 Å². The number of amides is 2. The molecule has 0 bridgehead atoms. The monoisotopic (exact) mass is 615 g/mol. The van der Waals surface area contributed by atoms with Crippen LogP contribution >= 0.6 is 0 Å². The fourth-order valence-corrected chi connectivity index (χ4v) is 5.78. The van der Waals surface area contributed by atoms with Gasteiger partial charge in [-0.2, -0.15) is 0 Å². The molecule has 0 fully saturated rings. The van der Waals surface area contributed by atoms with Crippen molar-refractivity contribution < 1.29 is 9.59 Å². The van der Waals surface area contributed by atoms with E-state index in [1.165, 1.54) is 103 Å². The van der Waals surface area contributed by atoms with E-state index in [-0.39, 0.29) is 11.8 Å². The molecule has 2 amide bonds. The molecule has 0 aromatic heterocycles. The van der Waals surface area contributed by atoms with Crippen LogP contribution in [-0.2, 0) is 0 Å². The second kappa shape index (κ2) is 26.3. The first-order chi connectivity index (χ1) is 21.4. The maximum Gasteiger partial charge on any atom is 0.253 e. The minimum Gasteiger partial charge on any atom is -0.340 e. The maximum absolute atomic E-state index is 13.1. The Kier molecular flexibility index (Phi) is 24.0. The van der Waals surface area contributed by atoms with Crippen molar-refractivity contribution in [3.8, 4) is 0 Å². The molecule has 0 saturated heterocycles. The third-order valence-electron chi connectivity index (χ3n) is 9.13. The quantitative estimate of drug-likeness (QED) is 0.0886. The van der Waals surface area contributed by atoms with E-state index in [0.29, 0.717) is 24.2 Å². The van der Waals surface area contributed by atoms with Crippen LogP contribution in [0.5, 0.6) is 0 Å². The molecule has 0 unspecified atom stereocenters. The third-order valence-corrected chi connectivity index (χ3v) is 9.13. The normalized spacial score (nSPS) is 11.5. The van der Waals surface area contributed by atoms with Gasteiger partial charge in [0.2, 0.25) is 0 Å². The minimum absolute atomic E-state index is 0.0139. The number of hydrogen-bond donors (Lipinski definition) is 0. The van der Waals surface area contributed by atoms with Gasteiger partial charge in [0.25, 0.3) is 11.8 Å². The summed E-state index contributed by atoms with van der Waals surface area (Å²) in [5.74, 6) is 0.0278. The van der Waals surface area contributed by atoms with E-state index >= 15 is 0 Å². The third kappa shape index (κ3) is 18.1. The fourth-order valence-electron chi connectivity index (χ4n) is 5.78. The Bertz CT molecular complexity index is 775. The molecule has 44 heavy (non-hydrogen) atoms. The molecule has 0 radical (unpaired) electrons. The smallest absolute Gasteiger partial charge is 0.253 e. The zero-order chi connectivity index (χ0) is 32.4. The topological polar surface area (TPSA) is 47.1 Å². The van der Waals surface area contributed by atoms with Gasteiger partial charge < -0.3 is 19.6 Å². The molecule has 6 nitrogen and oxygen atoms in total. The highest BCUT2D eigenvalue weighted by molar-refractivity contribution is 5.97. The molecular formula is C38H70N4O2. The van der Waals surface area contributed by atoms with Gasteiger partial charge in [0.05, 0.1) is 0 Å². The summed E-state index contributed by atoms with van der Waals surface area (Å²) in [7, 11) is 3.76. The van der Waals surface area contributed by atoms with Crippen molar-refractivity contribution in [3.05, 3.63) is 35.4 Å². The van der Waals surface area contributed by atoms with Crippen molar-refractivity contribution in [3.63, 3.8) is 0 Å². The van der Waals surface area contributed by atoms with Crippen molar-refractivity contribution >= 4 is 11.8 Å². The molecule has 6 heteroatoms. The molecule has 0 aliphatic rings. The SMILES string of the molecule is CCCCCCCCCCN(CC)CCN(C)C(=O)c1ccc(C(=O)N(C)CCN(CC)CCCCCCCCCC)cc1. The van der Waals surface area contributed by atoms with Gasteiger partial charge in [-0.3, -0.25) is 9.59 Å². The molecule has 1 aromatic rings. The zero-order valence-electron chi connectivity index (χ0n) is 29.9. The highest BCUT2D eigenvalue weighted by Gasteiger charge is 2.16. The number of nitrogens with zero attached hydrogens (tertiary/aromatic N) is 4. The molecule has 0 spiro atoms. The lowest BCUT2D eigenvalue weighted by molar-refractivity contribution is 0.0767. The molecule has 0 N–H and O–H groups in total. The van der Waals surface area contributed by atoms with Crippen molar-refractivity contribution in [2.24, 2.45) is 0 Å². The Morgan fingerprint density at radius 1 is 0.432 bits per heavy atom. The maximum atomic E-state index is 13.1. The molecule has 1 aromatic carbocycles. The van der Waals surface area contributed by atoms with Gasteiger partial charge in [-0.1, -0.05) is 118 Å². The van der Waals surface area contributed by atoms with Crippen LogP contribution in [0.25, 0.3) is 0 Å². The number of unbranched alkanes of at least 4 members (excludes halogenated alkanes) is 14. The van der Waals surface area contributed by atoms with Crippen LogP contribution in [-0.4, -0.2) is 97.9 Å². The lowest BCUT2D eigenvalue weighted by Gasteiger charge is -2.25. The Morgan fingerprint density at radius 3 is 1.02 bits per heavy atom.